The summed E-state index contributed by atoms with van der Waals surface area (Å²) in [5.41, 5.74) is 1.85. The van der Waals surface area contributed by atoms with E-state index >= 15 is 0 Å². The van der Waals surface area contributed by atoms with Gasteiger partial charge in [0.15, 0.2) is 0 Å². The zero-order valence-electron chi connectivity index (χ0n) is 9.15. The Hall–Kier alpha value is -1.32. The van der Waals surface area contributed by atoms with Gasteiger partial charge in [0.25, 0.3) is 5.91 Å². The van der Waals surface area contributed by atoms with E-state index in [1.54, 1.807) is 35.6 Å². The van der Waals surface area contributed by atoms with E-state index in [9.17, 15) is 4.79 Å². The van der Waals surface area contributed by atoms with E-state index in [4.69, 9.17) is 11.6 Å². The molecule has 0 spiro atoms. The Morgan fingerprint density at radius 1 is 1.35 bits per heavy atom. The number of benzene rings is 1. The van der Waals surface area contributed by atoms with Crippen LogP contribution in [-0.2, 0) is 6.42 Å². The molecular weight excluding hydrogens is 254 g/mol. The van der Waals surface area contributed by atoms with Gasteiger partial charge in [-0.3, -0.25) is 4.79 Å². The third-order valence-corrected chi connectivity index (χ3v) is 3.33. The molecule has 1 amide bonds. The molecule has 1 heterocycles. The number of carbonyl (C=O) groups excluding carboxylic acids is 1. The number of hydrogen-bond donors (Lipinski definition) is 1. The van der Waals surface area contributed by atoms with Gasteiger partial charge in [-0.25, -0.2) is 0 Å². The van der Waals surface area contributed by atoms with E-state index in [0.717, 1.165) is 6.42 Å². The Kier molecular flexibility index (Phi) is 4.18. The quantitative estimate of drug-likeness (QED) is 0.902. The fraction of sp³-hybridized carbons (Fsp3) is 0.154. The predicted octanol–water partition coefficient (Wildman–Crippen LogP) is 3.37. The Morgan fingerprint density at radius 3 is 2.94 bits per heavy atom. The van der Waals surface area contributed by atoms with E-state index in [0.29, 0.717) is 17.1 Å². The van der Waals surface area contributed by atoms with E-state index in [1.165, 1.54) is 5.56 Å². The Labute approximate surface area is 109 Å². The molecule has 0 atom stereocenters. The lowest BCUT2D eigenvalue weighted by molar-refractivity contribution is 0.0954. The minimum atomic E-state index is -0.0808. The van der Waals surface area contributed by atoms with Gasteiger partial charge in [-0.2, -0.15) is 11.3 Å². The minimum Gasteiger partial charge on any atom is -0.352 e. The molecule has 0 bridgehead atoms. The van der Waals surface area contributed by atoms with Crippen LogP contribution in [0.2, 0.25) is 5.02 Å². The molecule has 1 aromatic carbocycles. The molecule has 0 aliphatic heterocycles. The van der Waals surface area contributed by atoms with Crippen LogP contribution >= 0.6 is 22.9 Å². The molecule has 17 heavy (non-hydrogen) atoms. The van der Waals surface area contributed by atoms with Gasteiger partial charge >= 0.3 is 0 Å². The fourth-order valence-corrected chi connectivity index (χ4v) is 2.38. The Bertz CT molecular complexity index is 496. The maximum atomic E-state index is 11.8. The molecule has 0 aliphatic rings. The van der Waals surface area contributed by atoms with Gasteiger partial charge in [-0.05, 0) is 47.0 Å². The van der Waals surface area contributed by atoms with Crippen LogP contribution in [0.5, 0.6) is 0 Å². The van der Waals surface area contributed by atoms with Gasteiger partial charge in [0.2, 0.25) is 0 Å². The summed E-state index contributed by atoms with van der Waals surface area (Å²) in [7, 11) is 0. The number of halogens is 1. The molecule has 0 fully saturated rings. The zero-order chi connectivity index (χ0) is 12.1. The molecule has 88 valence electrons. The lowest BCUT2D eigenvalue weighted by Crippen LogP contribution is -2.25. The van der Waals surface area contributed by atoms with Crippen LogP contribution in [0, 0.1) is 0 Å². The summed E-state index contributed by atoms with van der Waals surface area (Å²) in [6.07, 6.45) is 0.857. The Morgan fingerprint density at radius 2 is 2.24 bits per heavy atom. The van der Waals surface area contributed by atoms with E-state index in [2.05, 4.69) is 16.8 Å². The third kappa shape index (κ3) is 3.58. The smallest absolute Gasteiger partial charge is 0.251 e. The first-order chi connectivity index (χ1) is 8.25. The van der Waals surface area contributed by atoms with E-state index in [1.807, 2.05) is 5.38 Å². The molecule has 0 saturated heterocycles. The average molecular weight is 266 g/mol. The van der Waals surface area contributed by atoms with Gasteiger partial charge in [0.05, 0.1) is 0 Å². The highest BCUT2D eigenvalue weighted by atomic mass is 35.5. The molecule has 0 unspecified atom stereocenters. The number of hydrogen-bond acceptors (Lipinski definition) is 2. The van der Waals surface area contributed by atoms with Gasteiger partial charge in [0, 0.05) is 17.1 Å². The third-order valence-electron chi connectivity index (χ3n) is 2.37. The van der Waals surface area contributed by atoms with Crippen molar-refractivity contribution < 1.29 is 4.79 Å². The molecule has 2 rings (SSSR count). The summed E-state index contributed by atoms with van der Waals surface area (Å²) in [6.45, 7) is 0.641. The average Bonchev–Trinajstić information content (AvgIpc) is 2.82. The molecule has 0 saturated carbocycles. The maximum absolute atomic E-state index is 11.8. The first-order valence-corrected chi connectivity index (χ1v) is 6.62. The van der Waals surface area contributed by atoms with Crippen molar-refractivity contribution >= 4 is 28.8 Å². The van der Waals surface area contributed by atoms with Gasteiger partial charge in [-0.1, -0.05) is 17.7 Å². The first-order valence-electron chi connectivity index (χ1n) is 5.30. The highest BCUT2D eigenvalue weighted by Crippen LogP contribution is 2.10. The molecule has 0 aliphatic carbocycles. The van der Waals surface area contributed by atoms with Crippen molar-refractivity contribution in [3.63, 3.8) is 0 Å². The minimum absolute atomic E-state index is 0.0808. The number of thiophene rings is 1. The van der Waals surface area contributed by atoms with Crippen molar-refractivity contribution in [3.8, 4) is 0 Å². The summed E-state index contributed by atoms with van der Waals surface area (Å²) in [5, 5.41) is 7.58. The van der Waals surface area contributed by atoms with Crippen LogP contribution < -0.4 is 5.32 Å². The molecule has 0 radical (unpaired) electrons. The molecular formula is C13H12ClNOS. The van der Waals surface area contributed by atoms with Gasteiger partial charge in [-0.15, -0.1) is 0 Å². The highest BCUT2D eigenvalue weighted by molar-refractivity contribution is 7.07. The lowest BCUT2D eigenvalue weighted by Gasteiger charge is -2.04. The lowest BCUT2D eigenvalue weighted by atomic mass is 10.2. The first kappa shape index (κ1) is 12.1. The second kappa shape index (κ2) is 5.84. The molecule has 2 nitrogen and oxygen atoms in total. The van der Waals surface area contributed by atoms with Crippen molar-refractivity contribution in [2.45, 2.75) is 6.42 Å². The zero-order valence-corrected chi connectivity index (χ0v) is 10.7. The second-order valence-corrected chi connectivity index (χ2v) is 4.86. The molecule has 2 aromatic rings. The normalized spacial score (nSPS) is 10.2. The van der Waals surface area contributed by atoms with Crippen LogP contribution in [0.1, 0.15) is 15.9 Å². The van der Waals surface area contributed by atoms with Crippen molar-refractivity contribution in [2.75, 3.05) is 6.54 Å². The molecule has 1 aromatic heterocycles. The number of nitrogens with one attached hydrogen (secondary N) is 1. The van der Waals surface area contributed by atoms with Crippen molar-refractivity contribution in [1.82, 2.24) is 5.32 Å². The summed E-state index contributed by atoms with van der Waals surface area (Å²) in [6, 6.07) is 9.02. The van der Waals surface area contributed by atoms with Crippen LogP contribution in [0.3, 0.4) is 0 Å². The monoisotopic (exact) mass is 265 g/mol. The molecule has 4 heteroatoms. The maximum Gasteiger partial charge on any atom is 0.251 e. The number of carbonyl (C=O) groups is 1. The number of rotatable bonds is 4. The van der Waals surface area contributed by atoms with Gasteiger partial charge in [0.1, 0.15) is 0 Å². The summed E-state index contributed by atoms with van der Waals surface area (Å²) in [4.78, 5) is 11.8. The van der Waals surface area contributed by atoms with Crippen molar-refractivity contribution in [3.05, 3.63) is 57.2 Å². The SMILES string of the molecule is O=C(NCCc1ccsc1)c1cccc(Cl)c1. The second-order valence-electron chi connectivity index (χ2n) is 3.65. The molecule has 1 N–H and O–H groups in total. The van der Waals surface area contributed by atoms with Crippen LogP contribution in [0.15, 0.2) is 41.1 Å². The highest BCUT2D eigenvalue weighted by Gasteiger charge is 2.04. The number of amides is 1. The van der Waals surface area contributed by atoms with Crippen molar-refractivity contribution in [2.24, 2.45) is 0 Å². The van der Waals surface area contributed by atoms with Gasteiger partial charge < -0.3 is 5.32 Å². The fourth-order valence-electron chi connectivity index (χ4n) is 1.49. The predicted molar refractivity (Wildman–Crippen MR) is 71.8 cm³/mol. The standard InChI is InChI=1S/C13H12ClNOS/c14-12-3-1-2-11(8-12)13(16)15-6-4-10-5-7-17-9-10/h1-3,5,7-9H,4,6H2,(H,15,16). The van der Waals surface area contributed by atoms with E-state index < -0.39 is 0 Å². The van der Waals surface area contributed by atoms with Crippen LogP contribution in [0.4, 0.5) is 0 Å². The summed E-state index contributed by atoms with van der Waals surface area (Å²) >= 11 is 7.49. The Balaban J connectivity index is 1.85. The van der Waals surface area contributed by atoms with Crippen molar-refractivity contribution in [1.29, 1.82) is 0 Å². The van der Waals surface area contributed by atoms with E-state index in [-0.39, 0.29) is 5.91 Å². The van der Waals surface area contributed by atoms with Crippen LogP contribution in [-0.4, -0.2) is 12.5 Å². The van der Waals surface area contributed by atoms with Crippen LogP contribution in [0.25, 0.3) is 0 Å². The topological polar surface area (TPSA) is 29.1 Å². The summed E-state index contributed by atoms with van der Waals surface area (Å²) in [5.74, 6) is -0.0808. The largest absolute Gasteiger partial charge is 0.352 e. The summed E-state index contributed by atoms with van der Waals surface area (Å²) < 4.78 is 0.